The topological polar surface area (TPSA) is 52.6 Å². The fourth-order valence-electron chi connectivity index (χ4n) is 4.60. The summed E-state index contributed by atoms with van der Waals surface area (Å²) in [5.74, 6) is 0.825. The first kappa shape index (κ1) is 23.2. The Morgan fingerprint density at radius 1 is 0.821 bits per heavy atom. The first-order valence-corrected chi connectivity index (χ1v) is 11.9. The van der Waals surface area contributed by atoms with Crippen LogP contribution in [0.1, 0.15) is 111 Å². The van der Waals surface area contributed by atoms with Crippen LogP contribution in [0.15, 0.2) is 0 Å². The summed E-state index contributed by atoms with van der Waals surface area (Å²) in [4.78, 5) is 24.7. The SMILES string of the molecule is CCCCCCC1CCC(C(=O)OC2CCC(C(=O)OC(C)CC)CC2)CC1. The third kappa shape index (κ3) is 7.75. The average molecular weight is 395 g/mol. The molecule has 2 aliphatic rings. The molecule has 4 heteroatoms. The highest BCUT2D eigenvalue weighted by atomic mass is 16.5. The molecule has 0 amide bonds. The van der Waals surface area contributed by atoms with Crippen LogP contribution in [-0.4, -0.2) is 24.1 Å². The Bertz CT molecular complexity index is 459. The van der Waals surface area contributed by atoms with E-state index < -0.39 is 0 Å². The zero-order valence-corrected chi connectivity index (χ0v) is 18.4. The van der Waals surface area contributed by atoms with Crippen molar-refractivity contribution in [2.24, 2.45) is 17.8 Å². The number of hydrogen-bond acceptors (Lipinski definition) is 4. The maximum Gasteiger partial charge on any atom is 0.309 e. The lowest BCUT2D eigenvalue weighted by atomic mass is 9.79. The molecule has 1 atom stereocenters. The van der Waals surface area contributed by atoms with Crippen molar-refractivity contribution in [1.82, 2.24) is 0 Å². The van der Waals surface area contributed by atoms with Gasteiger partial charge in [-0.25, -0.2) is 0 Å². The number of unbranched alkanes of at least 4 members (excludes halogenated alkanes) is 3. The second-order valence-electron chi connectivity index (χ2n) is 9.13. The number of carbonyl (C=O) groups excluding carboxylic acids is 2. The van der Waals surface area contributed by atoms with Gasteiger partial charge in [-0.2, -0.15) is 0 Å². The van der Waals surface area contributed by atoms with E-state index in [2.05, 4.69) is 6.92 Å². The number of carbonyl (C=O) groups is 2. The van der Waals surface area contributed by atoms with Gasteiger partial charge in [-0.15, -0.1) is 0 Å². The lowest BCUT2D eigenvalue weighted by Crippen LogP contribution is -2.32. The van der Waals surface area contributed by atoms with E-state index in [1.807, 2.05) is 13.8 Å². The Morgan fingerprint density at radius 3 is 2.04 bits per heavy atom. The van der Waals surface area contributed by atoms with Gasteiger partial charge in [-0.05, 0) is 70.6 Å². The summed E-state index contributed by atoms with van der Waals surface area (Å²) < 4.78 is 11.3. The minimum absolute atomic E-state index is 0.00749. The first-order valence-electron chi connectivity index (χ1n) is 11.9. The predicted octanol–water partition coefficient (Wildman–Crippen LogP) is 6.21. The van der Waals surface area contributed by atoms with E-state index in [-0.39, 0.29) is 36.0 Å². The fraction of sp³-hybridized carbons (Fsp3) is 0.917. The molecule has 0 N–H and O–H groups in total. The largest absolute Gasteiger partial charge is 0.462 e. The molecule has 0 spiro atoms. The Balaban J connectivity index is 1.62. The Labute approximate surface area is 172 Å². The van der Waals surface area contributed by atoms with E-state index in [4.69, 9.17) is 9.47 Å². The molecule has 0 aromatic heterocycles. The summed E-state index contributed by atoms with van der Waals surface area (Å²) in [6.45, 7) is 6.21. The van der Waals surface area contributed by atoms with Crippen molar-refractivity contribution in [3.05, 3.63) is 0 Å². The molecule has 1 unspecified atom stereocenters. The molecule has 4 nitrogen and oxygen atoms in total. The summed E-state index contributed by atoms with van der Waals surface area (Å²) in [7, 11) is 0. The van der Waals surface area contributed by atoms with Gasteiger partial charge in [-0.3, -0.25) is 9.59 Å². The molecule has 2 aliphatic carbocycles. The van der Waals surface area contributed by atoms with Gasteiger partial charge in [0.25, 0.3) is 0 Å². The minimum Gasteiger partial charge on any atom is -0.462 e. The molecule has 0 bridgehead atoms. The van der Waals surface area contributed by atoms with Crippen LogP contribution in [0.5, 0.6) is 0 Å². The summed E-state index contributed by atoms with van der Waals surface area (Å²) in [5.41, 5.74) is 0. The Kier molecular flexibility index (Phi) is 10.4. The van der Waals surface area contributed by atoms with Gasteiger partial charge in [0.2, 0.25) is 0 Å². The predicted molar refractivity (Wildman–Crippen MR) is 112 cm³/mol. The van der Waals surface area contributed by atoms with Crippen molar-refractivity contribution in [1.29, 1.82) is 0 Å². The number of hydrogen-bond donors (Lipinski definition) is 0. The van der Waals surface area contributed by atoms with E-state index in [1.54, 1.807) is 0 Å². The molecule has 28 heavy (non-hydrogen) atoms. The molecular weight excluding hydrogens is 352 g/mol. The van der Waals surface area contributed by atoms with Crippen LogP contribution in [0.25, 0.3) is 0 Å². The van der Waals surface area contributed by atoms with Gasteiger partial charge in [0.15, 0.2) is 0 Å². The van der Waals surface area contributed by atoms with Gasteiger partial charge in [0.05, 0.1) is 17.9 Å². The molecule has 2 rings (SSSR count). The normalized spacial score (nSPS) is 29.1. The van der Waals surface area contributed by atoms with Crippen molar-refractivity contribution < 1.29 is 19.1 Å². The number of rotatable bonds is 10. The molecule has 0 aromatic rings. The van der Waals surface area contributed by atoms with E-state index in [0.29, 0.717) is 0 Å². The molecule has 0 radical (unpaired) electrons. The lowest BCUT2D eigenvalue weighted by Gasteiger charge is -2.31. The van der Waals surface area contributed by atoms with Crippen molar-refractivity contribution in [2.45, 2.75) is 123 Å². The maximum absolute atomic E-state index is 12.6. The molecule has 162 valence electrons. The molecule has 0 aromatic carbocycles. The second kappa shape index (κ2) is 12.5. The first-order chi connectivity index (χ1) is 13.5. The molecule has 2 fully saturated rings. The Morgan fingerprint density at radius 2 is 1.43 bits per heavy atom. The van der Waals surface area contributed by atoms with E-state index in [9.17, 15) is 9.59 Å². The molecule has 0 heterocycles. The molecular formula is C24H42O4. The highest BCUT2D eigenvalue weighted by molar-refractivity contribution is 5.73. The van der Waals surface area contributed by atoms with Crippen LogP contribution in [0, 0.1) is 17.8 Å². The fourth-order valence-corrected chi connectivity index (χ4v) is 4.60. The number of esters is 2. The van der Waals surface area contributed by atoms with E-state index in [1.165, 1.54) is 44.9 Å². The minimum atomic E-state index is -0.0728. The third-order valence-corrected chi connectivity index (χ3v) is 6.83. The van der Waals surface area contributed by atoms with Crippen LogP contribution in [0.4, 0.5) is 0 Å². The van der Waals surface area contributed by atoms with Crippen molar-refractivity contribution >= 4 is 11.9 Å². The highest BCUT2D eigenvalue weighted by Crippen LogP contribution is 2.34. The summed E-state index contributed by atoms with van der Waals surface area (Å²) in [6, 6.07) is 0. The maximum atomic E-state index is 12.6. The van der Waals surface area contributed by atoms with Gasteiger partial charge in [0.1, 0.15) is 6.10 Å². The summed E-state index contributed by atoms with van der Waals surface area (Å²) in [5, 5.41) is 0. The van der Waals surface area contributed by atoms with Crippen LogP contribution in [0.3, 0.4) is 0 Å². The second-order valence-corrected chi connectivity index (χ2v) is 9.13. The lowest BCUT2D eigenvalue weighted by molar-refractivity contribution is -0.160. The third-order valence-electron chi connectivity index (χ3n) is 6.83. The monoisotopic (exact) mass is 394 g/mol. The summed E-state index contributed by atoms with van der Waals surface area (Å²) >= 11 is 0. The quantitative estimate of drug-likeness (QED) is 0.327. The number of ether oxygens (including phenoxy) is 2. The van der Waals surface area contributed by atoms with Gasteiger partial charge < -0.3 is 9.47 Å². The van der Waals surface area contributed by atoms with Crippen LogP contribution < -0.4 is 0 Å². The molecule has 0 aliphatic heterocycles. The van der Waals surface area contributed by atoms with Gasteiger partial charge in [0, 0.05) is 0 Å². The van der Waals surface area contributed by atoms with Crippen molar-refractivity contribution in [3.63, 3.8) is 0 Å². The van der Waals surface area contributed by atoms with Crippen LogP contribution in [0.2, 0.25) is 0 Å². The smallest absolute Gasteiger partial charge is 0.309 e. The zero-order valence-electron chi connectivity index (χ0n) is 18.4. The van der Waals surface area contributed by atoms with E-state index >= 15 is 0 Å². The van der Waals surface area contributed by atoms with Crippen LogP contribution >= 0.6 is 0 Å². The molecule has 0 saturated heterocycles. The highest BCUT2D eigenvalue weighted by Gasteiger charge is 2.32. The van der Waals surface area contributed by atoms with Crippen molar-refractivity contribution in [3.8, 4) is 0 Å². The van der Waals surface area contributed by atoms with Crippen molar-refractivity contribution in [2.75, 3.05) is 0 Å². The zero-order chi connectivity index (χ0) is 20.4. The van der Waals surface area contributed by atoms with E-state index in [0.717, 1.165) is 50.9 Å². The van der Waals surface area contributed by atoms with Gasteiger partial charge >= 0.3 is 11.9 Å². The van der Waals surface area contributed by atoms with Gasteiger partial charge in [-0.1, -0.05) is 46.0 Å². The standard InChI is InChI=1S/C24H42O4/c1-4-6-7-8-9-19-10-12-20(13-11-19)24(26)28-22-16-14-21(15-17-22)23(25)27-18(3)5-2/h18-22H,4-17H2,1-3H3. The average Bonchev–Trinajstić information content (AvgIpc) is 2.72. The van der Waals surface area contributed by atoms with Crippen LogP contribution in [-0.2, 0) is 19.1 Å². The molecule has 2 saturated carbocycles. The Hall–Kier alpha value is -1.06. The summed E-state index contributed by atoms with van der Waals surface area (Å²) in [6.07, 6.45) is 15.0.